The molecule has 9 aromatic rings. The fourth-order valence-corrected chi connectivity index (χ4v) is 8.50. The van der Waals surface area contributed by atoms with Crippen molar-refractivity contribution in [3.8, 4) is 33.6 Å². The lowest BCUT2D eigenvalue weighted by molar-refractivity contribution is 0.667. The zero-order valence-electron chi connectivity index (χ0n) is 26.4. The van der Waals surface area contributed by atoms with Gasteiger partial charge < -0.3 is 9.13 Å². The zero-order valence-corrected chi connectivity index (χ0v) is 26.4. The molecule has 1 aliphatic carbocycles. The van der Waals surface area contributed by atoms with Gasteiger partial charge >= 0.3 is 0 Å². The van der Waals surface area contributed by atoms with Gasteiger partial charge in [0.05, 0.1) is 22.1 Å². The van der Waals surface area contributed by atoms with Crippen LogP contribution in [0.15, 0.2) is 158 Å². The molecule has 47 heavy (non-hydrogen) atoms. The Kier molecular flexibility index (Phi) is 5.37. The second-order valence-electron chi connectivity index (χ2n) is 13.3. The minimum atomic E-state index is -0.192. The van der Waals surface area contributed by atoms with Gasteiger partial charge in [-0.25, -0.2) is 0 Å². The van der Waals surface area contributed by atoms with Crippen LogP contribution >= 0.6 is 0 Å². The first kappa shape index (κ1) is 26.4. The van der Waals surface area contributed by atoms with E-state index in [9.17, 15) is 0 Å². The van der Waals surface area contributed by atoms with Crippen LogP contribution in [0.2, 0.25) is 0 Å². The summed E-state index contributed by atoms with van der Waals surface area (Å²) in [6.07, 6.45) is 0. The maximum atomic E-state index is 2.53. The molecule has 7 aromatic carbocycles. The van der Waals surface area contributed by atoms with Crippen LogP contribution in [0.4, 0.5) is 0 Å². The number of hydrogen-bond acceptors (Lipinski definition) is 0. The van der Waals surface area contributed by atoms with Crippen LogP contribution in [0.25, 0.3) is 77.2 Å². The van der Waals surface area contributed by atoms with Gasteiger partial charge in [-0.05, 0) is 64.2 Å². The highest BCUT2D eigenvalue weighted by Crippen LogP contribution is 2.58. The Morgan fingerprint density at radius 3 is 1.64 bits per heavy atom. The third kappa shape index (κ3) is 3.50. The third-order valence-electron chi connectivity index (χ3n) is 10.5. The van der Waals surface area contributed by atoms with Gasteiger partial charge in [0.2, 0.25) is 0 Å². The first-order valence-corrected chi connectivity index (χ1v) is 16.5. The number of hydrogen-bond donors (Lipinski definition) is 0. The molecule has 0 radical (unpaired) electrons. The van der Waals surface area contributed by atoms with E-state index in [0.29, 0.717) is 0 Å². The van der Waals surface area contributed by atoms with Crippen molar-refractivity contribution in [3.63, 3.8) is 0 Å². The van der Waals surface area contributed by atoms with Crippen LogP contribution in [0.5, 0.6) is 0 Å². The van der Waals surface area contributed by atoms with E-state index in [1.165, 1.54) is 88.4 Å². The molecule has 0 spiro atoms. The SMILES string of the molecule is CC1(C)c2ccccc2-c2c1c1c3ccccc3n(-c3ccc(-c4ccccc4)cc3)c1c1c3ccccc3n(-c3ccccc3)c21. The van der Waals surface area contributed by atoms with Crippen molar-refractivity contribution in [2.45, 2.75) is 19.3 Å². The van der Waals surface area contributed by atoms with E-state index in [4.69, 9.17) is 0 Å². The molecular weight excluding hydrogens is 569 g/mol. The molecule has 0 saturated carbocycles. The van der Waals surface area contributed by atoms with Crippen LogP contribution in [0.1, 0.15) is 25.0 Å². The lowest BCUT2D eigenvalue weighted by atomic mass is 9.80. The molecule has 2 nitrogen and oxygen atoms in total. The molecule has 0 N–H and O–H groups in total. The first-order valence-electron chi connectivity index (χ1n) is 16.5. The summed E-state index contributed by atoms with van der Waals surface area (Å²) in [6, 6.07) is 57.7. The molecule has 0 aliphatic heterocycles. The van der Waals surface area contributed by atoms with Gasteiger partial charge in [0.15, 0.2) is 0 Å². The fraction of sp³-hybridized carbons (Fsp3) is 0.0667. The zero-order chi connectivity index (χ0) is 31.3. The van der Waals surface area contributed by atoms with E-state index >= 15 is 0 Å². The molecule has 0 fully saturated rings. The molecule has 222 valence electrons. The second-order valence-corrected chi connectivity index (χ2v) is 13.3. The van der Waals surface area contributed by atoms with E-state index in [2.05, 4.69) is 181 Å². The van der Waals surface area contributed by atoms with Crippen molar-refractivity contribution >= 4 is 43.6 Å². The van der Waals surface area contributed by atoms with Crippen LogP contribution in [-0.4, -0.2) is 9.13 Å². The summed E-state index contributed by atoms with van der Waals surface area (Å²) in [6.45, 7) is 4.83. The first-order chi connectivity index (χ1) is 23.1. The Hall–Kier alpha value is -5.86. The average Bonchev–Trinajstić information content (AvgIpc) is 3.73. The quantitative estimate of drug-likeness (QED) is 0.191. The average molecular weight is 601 g/mol. The van der Waals surface area contributed by atoms with E-state index in [1.54, 1.807) is 0 Å². The van der Waals surface area contributed by atoms with Gasteiger partial charge in [0, 0.05) is 43.9 Å². The summed E-state index contributed by atoms with van der Waals surface area (Å²) in [5.41, 5.74) is 15.1. The van der Waals surface area contributed by atoms with Crippen molar-refractivity contribution in [1.29, 1.82) is 0 Å². The van der Waals surface area contributed by atoms with Gasteiger partial charge in [-0.2, -0.15) is 0 Å². The fourth-order valence-electron chi connectivity index (χ4n) is 8.50. The smallest absolute Gasteiger partial charge is 0.0644 e. The van der Waals surface area contributed by atoms with Crippen LogP contribution in [0, 0.1) is 0 Å². The van der Waals surface area contributed by atoms with Crippen molar-refractivity contribution in [2.24, 2.45) is 0 Å². The summed E-state index contributed by atoms with van der Waals surface area (Å²) in [7, 11) is 0. The predicted molar refractivity (Wildman–Crippen MR) is 198 cm³/mol. The van der Waals surface area contributed by atoms with Crippen LogP contribution in [-0.2, 0) is 5.41 Å². The van der Waals surface area contributed by atoms with E-state index in [1.807, 2.05) is 0 Å². The van der Waals surface area contributed by atoms with Crippen molar-refractivity contribution in [1.82, 2.24) is 9.13 Å². The molecule has 2 heteroatoms. The third-order valence-corrected chi connectivity index (χ3v) is 10.5. The summed E-state index contributed by atoms with van der Waals surface area (Å²) in [5.74, 6) is 0. The molecule has 0 atom stereocenters. The number of fused-ring (bicyclic) bond motifs is 12. The number of aromatic nitrogens is 2. The molecule has 0 unspecified atom stereocenters. The molecule has 10 rings (SSSR count). The highest BCUT2D eigenvalue weighted by molar-refractivity contribution is 6.31. The summed E-state index contributed by atoms with van der Waals surface area (Å²) in [5, 5.41) is 5.22. The largest absolute Gasteiger partial charge is 0.309 e. The lowest BCUT2D eigenvalue weighted by Gasteiger charge is -2.23. The monoisotopic (exact) mass is 600 g/mol. The second kappa shape index (κ2) is 9.57. The summed E-state index contributed by atoms with van der Waals surface area (Å²) < 4.78 is 5.05. The van der Waals surface area contributed by atoms with Crippen LogP contribution < -0.4 is 0 Å². The summed E-state index contributed by atoms with van der Waals surface area (Å²) in [4.78, 5) is 0. The highest BCUT2D eigenvalue weighted by atomic mass is 15.0. The van der Waals surface area contributed by atoms with Crippen molar-refractivity contribution in [3.05, 3.63) is 169 Å². The normalized spacial score (nSPS) is 13.5. The van der Waals surface area contributed by atoms with Crippen molar-refractivity contribution in [2.75, 3.05) is 0 Å². The Morgan fingerprint density at radius 1 is 0.426 bits per heavy atom. The van der Waals surface area contributed by atoms with E-state index < -0.39 is 0 Å². The van der Waals surface area contributed by atoms with Crippen molar-refractivity contribution < 1.29 is 0 Å². The standard InChI is InChI=1S/C45H32N2/c1-45(2)36-22-12-9-19-33(36)39-42(45)40-34-20-10-13-23-37(34)47(32-27-25-30(26-28-32)29-15-5-3-6-16-29)44(40)41-35-21-11-14-24-38(35)46(43(39)41)31-17-7-4-8-18-31/h3-28H,1-2H3. The summed E-state index contributed by atoms with van der Waals surface area (Å²) >= 11 is 0. The lowest BCUT2D eigenvalue weighted by Crippen LogP contribution is -2.15. The molecule has 0 saturated heterocycles. The maximum Gasteiger partial charge on any atom is 0.0644 e. The maximum absolute atomic E-state index is 2.53. The van der Waals surface area contributed by atoms with Gasteiger partial charge in [0.25, 0.3) is 0 Å². The molecule has 2 heterocycles. The minimum Gasteiger partial charge on any atom is -0.309 e. The van der Waals surface area contributed by atoms with Gasteiger partial charge in [-0.15, -0.1) is 0 Å². The Labute approximate surface area is 273 Å². The number of para-hydroxylation sites is 3. The Bertz CT molecular complexity index is 2670. The molecular formula is C45H32N2. The molecule has 2 aromatic heterocycles. The number of nitrogens with zero attached hydrogens (tertiary/aromatic N) is 2. The number of rotatable bonds is 3. The molecule has 1 aliphatic rings. The van der Waals surface area contributed by atoms with E-state index in [0.717, 1.165) is 0 Å². The number of benzene rings is 7. The Morgan fingerprint density at radius 2 is 0.936 bits per heavy atom. The molecule has 0 bridgehead atoms. The van der Waals surface area contributed by atoms with E-state index in [-0.39, 0.29) is 5.41 Å². The highest BCUT2D eigenvalue weighted by Gasteiger charge is 2.41. The molecule has 0 amide bonds. The topological polar surface area (TPSA) is 9.86 Å². The Balaban J connectivity index is 1.46. The van der Waals surface area contributed by atoms with Gasteiger partial charge in [-0.1, -0.05) is 135 Å². The van der Waals surface area contributed by atoms with Gasteiger partial charge in [-0.3, -0.25) is 0 Å². The minimum absolute atomic E-state index is 0.192. The van der Waals surface area contributed by atoms with Crippen LogP contribution in [0.3, 0.4) is 0 Å². The predicted octanol–water partition coefficient (Wildman–Crippen LogP) is 11.9. The van der Waals surface area contributed by atoms with Gasteiger partial charge in [0.1, 0.15) is 0 Å².